The van der Waals surface area contributed by atoms with Crippen LogP contribution in [0.2, 0.25) is 0 Å². The molecular weight excluding hydrogens is 264 g/mol. The lowest BCUT2D eigenvalue weighted by Gasteiger charge is -2.11. The van der Waals surface area contributed by atoms with Gasteiger partial charge in [-0.15, -0.1) is 11.3 Å². The number of hydrogen-bond acceptors (Lipinski definition) is 4. The van der Waals surface area contributed by atoms with Crippen molar-refractivity contribution in [3.8, 4) is 0 Å². The quantitative estimate of drug-likeness (QED) is 0.802. The maximum atomic E-state index is 11.6. The van der Waals surface area contributed by atoms with Gasteiger partial charge in [0.2, 0.25) is 5.91 Å². The molecule has 2 N–H and O–H groups in total. The third kappa shape index (κ3) is 4.65. The molecule has 19 heavy (non-hydrogen) atoms. The van der Waals surface area contributed by atoms with Gasteiger partial charge in [0.15, 0.2) is 0 Å². The topological polar surface area (TPSA) is 67.4 Å². The fourth-order valence-corrected chi connectivity index (χ4v) is 2.69. The van der Waals surface area contributed by atoms with Gasteiger partial charge < -0.3 is 4.74 Å². The highest BCUT2D eigenvalue weighted by Crippen LogP contribution is 2.12. The lowest BCUT2D eigenvalue weighted by Crippen LogP contribution is -2.46. The number of hydrazine groups is 1. The summed E-state index contributed by atoms with van der Waals surface area (Å²) in [6, 6.07) is 4.06. The molecule has 0 radical (unpaired) electrons. The van der Waals surface area contributed by atoms with E-state index in [9.17, 15) is 9.59 Å². The summed E-state index contributed by atoms with van der Waals surface area (Å²) < 4.78 is 5.22. The number of carbonyl (C=O) groups is 2. The molecule has 1 fully saturated rings. The molecule has 1 atom stereocenters. The van der Waals surface area contributed by atoms with Gasteiger partial charge in [0.25, 0.3) is 5.91 Å². The number of thiophene rings is 1. The van der Waals surface area contributed by atoms with Crippen molar-refractivity contribution in [2.75, 3.05) is 6.61 Å². The van der Waals surface area contributed by atoms with Crippen LogP contribution in [0, 0.1) is 0 Å². The highest BCUT2D eigenvalue weighted by molar-refractivity contribution is 7.09. The third-order valence-electron chi connectivity index (χ3n) is 2.95. The fraction of sp³-hybridized carbons (Fsp3) is 0.538. The van der Waals surface area contributed by atoms with Crippen LogP contribution < -0.4 is 10.9 Å². The van der Waals surface area contributed by atoms with Crippen molar-refractivity contribution >= 4 is 23.2 Å². The molecule has 0 bridgehead atoms. The molecule has 2 amide bonds. The first-order chi connectivity index (χ1) is 9.25. The van der Waals surface area contributed by atoms with Gasteiger partial charge in [0, 0.05) is 17.9 Å². The zero-order valence-electron chi connectivity index (χ0n) is 10.7. The molecule has 5 nitrogen and oxygen atoms in total. The monoisotopic (exact) mass is 282 g/mol. The van der Waals surface area contributed by atoms with E-state index in [4.69, 9.17) is 4.74 Å². The Morgan fingerprint density at radius 1 is 1.42 bits per heavy atom. The second-order valence-corrected chi connectivity index (χ2v) is 5.50. The van der Waals surface area contributed by atoms with Crippen LogP contribution in [0.1, 0.15) is 30.6 Å². The summed E-state index contributed by atoms with van der Waals surface area (Å²) in [5.41, 5.74) is 4.83. The highest BCUT2D eigenvalue weighted by Gasteiger charge is 2.23. The van der Waals surface area contributed by atoms with Gasteiger partial charge in [-0.2, -0.15) is 0 Å². The molecular formula is C13H18N2O3S. The van der Waals surface area contributed by atoms with E-state index in [1.807, 2.05) is 11.4 Å². The smallest absolute Gasteiger partial charge is 0.267 e. The standard InChI is InChI=1S/C13H18N2O3S/c16-12(7-1-4-10-5-3-9-19-10)14-15-13(17)11-6-2-8-18-11/h3,5,9,11H,1-2,4,6-8H2,(H,14,16)(H,15,17). The molecule has 1 saturated heterocycles. The number of rotatable bonds is 5. The molecule has 0 saturated carbocycles. The SMILES string of the molecule is O=C(CCCc1cccs1)NNC(=O)C1CCCO1. The zero-order valence-corrected chi connectivity index (χ0v) is 11.5. The van der Waals surface area contributed by atoms with Crippen molar-refractivity contribution in [3.05, 3.63) is 22.4 Å². The van der Waals surface area contributed by atoms with E-state index in [1.165, 1.54) is 4.88 Å². The minimum absolute atomic E-state index is 0.164. The van der Waals surface area contributed by atoms with E-state index in [1.54, 1.807) is 11.3 Å². The first-order valence-electron chi connectivity index (χ1n) is 6.48. The minimum atomic E-state index is -0.411. The first kappa shape index (κ1) is 14.0. The highest BCUT2D eigenvalue weighted by atomic mass is 32.1. The maximum Gasteiger partial charge on any atom is 0.267 e. The number of amides is 2. The van der Waals surface area contributed by atoms with Crippen LogP contribution in [0.15, 0.2) is 17.5 Å². The number of ether oxygens (including phenoxy) is 1. The zero-order chi connectivity index (χ0) is 13.5. The molecule has 104 valence electrons. The number of hydrogen-bond donors (Lipinski definition) is 2. The molecule has 1 aliphatic heterocycles. The number of carbonyl (C=O) groups excluding carboxylic acids is 2. The lowest BCUT2D eigenvalue weighted by atomic mass is 10.2. The summed E-state index contributed by atoms with van der Waals surface area (Å²) in [7, 11) is 0. The van der Waals surface area contributed by atoms with Gasteiger partial charge in [-0.3, -0.25) is 20.4 Å². The molecule has 1 unspecified atom stereocenters. The Hall–Kier alpha value is -1.40. The fourth-order valence-electron chi connectivity index (χ4n) is 1.94. The molecule has 1 aromatic rings. The maximum absolute atomic E-state index is 11.6. The molecule has 0 aliphatic carbocycles. The summed E-state index contributed by atoms with van der Waals surface area (Å²) in [5.74, 6) is -0.424. The second-order valence-electron chi connectivity index (χ2n) is 4.47. The summed E-state index contributed by atoms with van der Waals surface area (Å²) >= 11 is 1.69. The summed E-state index contributed by atoms with van der Waals surface area (Å²) in [6.45, 7) is 0.618. The Kier molecular flexibility index (Phi) is 5.35. The Bertz CT molecular complexity index is 414. The third-order valence-corrected chi connectivity index (χ3v) is 3.89. The van der Waals surface area contributed by atoms with Gasteiger partial charge in [-0.1, -0.05) is 6.07 Å². The van der Waals surface area contributed by atoms with Crippen molar-refractivity contribution in [2.24, 2.45) is 0 Å². The molecule has 2 rings (SSSR count). The van der Waals surface area contributed by atoms with Crippen molar-refractivity contribution in [3.63, 3.8) is 0 Å². The molecule has 1 aliphatic rings. The van der Waals surface area contributed by atoms with E-state index in [0.717, 1.165) is 25.7 Å². The normalized spacial score (nSPS) is 18.2. The summed E-state index contributed by atoms with van der Waals surface area (Å²) in [6.07, 6.45) is 3.29. The van der Waals surface area contributed by atoms with E-state index in [2.05, 4.69) is 16.9 Å². The molecule has 1 aromatic heterocycles. The van der Waals surface area contributed by atoms with Crippen LogP contribution in [0.25, 0.3) is 0 Å². The van der Waals surface area contributed by atoms with E-state index >= 15 is 0 Å². The van der Waals surface area contributed by atoms with Crippen LogP contribution in [0.4, 0.5) is 0 Å². The Labute approximate surface area is 116 Å². The van der Waals surface area contributed by atoms with E-state index in [-0.39, 0.29) is 11.8 Å². The molecule has 0 spiro atoms. The molecule has 0 aromatic carbocycles. The van der Waals surface area contributed by atoms with Crippen molar-refractivity contribution in [2.45, 2.75) is 38.2 Å². The van der Waals surface area contributed by atoms with Crippen molar-refractivity contribution < 1.29 is 14.3 Å². The minimum Gasteiger partial charge on any atom is -0.368 e. The molecule has 2 heterocycles. The van der Waals surface area contributed by atoms with Gasteiger partial charge in [-0.05, 0) is 37.1 Å². The largest absolute Gasteiger partial charge is 0.368 e. The van der Waals surface area contributed by atoms with Crippen LogP contribution in [0.3, 0.4) is 0 Å². The van der Waals surface area contributed by atoms with E-state index < -0.39 is 6.10 Å². The van der Waals surface area contributed by atoms with Gasteiger partial charge >= 0.3 is 0 Å². The Balaban J connectivity index is 1.57. The Morgan fingerprint density at radius 2 is 2.32 bits per heavy atom. The lowest BCUT2D eigenvalue weighted by molar-refractivity contribution is -0.134. The van der Waals surface area contributed by atoms with Crippen LogP contribution in [0.5, 0.6) is 0 Å². The first-order valence-corrected chi connectivity index (χ1v) is 7.36. The van der Waals surface area contributed by atoms with Crippen LogP contribution in [-0.2, 0) is 20.7 Å². The van der Waals surface area contributed by atoms with Gasteiger partial charge in [0.05, 0.1) is 0 Å². The van der Waals surface area contributed by atoms with Crippen LogP contribution in [-0.4, -0.2) is 24.5 Å². The predicted octanol–water partition coefficient (Wildman–Crippen LogP) is 1.40. The Morgan fingerprint density at radius 3 is 3.00 bits per heavy atom. The average Bonchev–Trinajstić information content (AvgIpc) is 3.08. The predicted molar refractivity (Wildman–Crippen MR) is 72.5 cm³/mol. The van der Waals surface area contributed by atoms with Gasteiger partial charge in [0.1, 0.15) is 6.10 Å². The van der Waals surface area contributed by atoms with Crippen molar-refractivity contribution in [1.82, 2.24) is 10.9 Å². The van der Waals surface area contributed by atoms with E-state index in [0.29, 0.717) is 13.0 Å². The van der Waals surface area contributed by atoms with Gasteiger partial charge in [-0.25, -0.2) is 0 Å². The average molecular weight is 282 g/mol. The molecule has 6 heteroatoms. The number of nitrogens with one attached hydrogen (secondary N) is 2. The second kappa shape index (κ2) is 7.25. The summed E-state index contributed by atoms with van der Waals surface area (Å²) in [5, 5.41) is 2.03. The number of aryl methyl sites for hydroxylation is 1. The summed E-state index contributed by atoms with van der Waals surface area (Å²) in [4.78, 5) is 24.4. The van der Waals surface area contributed by atoms with Crippen molar-refractivity contribution in [1.29, 1.82) is 0 Å². The van der Waals surface area contributed by atoms with Crippen LogP contribution >= 0.6 is 11.3 Å².